The number of nitrogens with zero attached hydrogens (tertiary/aromatic N) is 6. The van der Waals surface area contributed by atoms with Crippen LogP contribution in [0.3, 0.4) is 0 Å². The van der Waals surface area contributed by atoms with Gasteiger partial charge in [-0.1, -0.05) is 0 Å². The third-order valence-electron chi connectivity index (χ3n) is 5.06. The Bertz CT molecular complexity index is 805. The van der Waals surface area contributed by atoms with Gasteiger partial charge in [-0.25, -0.2) is 0 Å². The van der Waals surface area contributed by atoms with Gasteiger partial charge in [0.05, 0.1) is 19.3 Å². The summed E-state index contributed by atoms with van der Waals surface area (Å²) in [5.41, 5.74) is 1.64. The molecule has 2 aliphatic heterocycles. The van der Waals surface area contributed by atoms with Gasteiger partial charge < -0.3 is 9.64 Å². The van der Waals surface area contributed by atoms with Crippen molar-refractivity contribution in [2.45, 2.75) is 26.1 Å². The highest BCUT2D eigenvalue weighted by atomic mass is 19.4. The van der Waals surface area contributed by atoms with Crippen LogP contribution >= 0.6 is 0 Å². The summed E-state index contributed by atoms with van der Waals surface area (Å²) in [7, 11) is 0. The van der Waals surface area contributed by atoms with Gasteiger partial charge in [-0.2, -0.15) is 17.7 Å². The first kappa shape index (κ1) is 16.5. The van der Waals surface area contributed by atoms with Crippen LogP contribution in [0.4, 0.5) is 19.0 Å². The fourth-order valence-corrected chi connectivity index (χ4v) is 3.53. The van der Waals surface area contributed by atoms with E-state index >= 15 is 0 Å². The molecule has 0 radical (unpaired) electrons. The molecule has 25 heavy (non-hydrogen) atoms. The molecule has 10 heteroatoms. The molecule has 4 rings (SSSR count). The zero-order valence-electron chi connectivity index (χ0n) is 14.0. The van der Waals surface area contributed by atoms with Crippen molar-refractivity contribution < 1.29 is 17.9 Å². The van der Waals surface area contributed by atoms with Crippen molar-refractivity contribution in [3.05, 3.63) is 17.0 Å². The van der Waals surface area contributed by atoms with E-state index in [4.69, 9.17) is 4.74 Å². The van der Waals surface area contributed by atoms with Crippen LogP contribution in [0.5, 0.6) is 0 Å². The first-order chi connectivity index (χ1) is 11.9. The zero-order valence-corrected chi connectivity index (χ0v) is 14.0. The number of rotatable bonds is 1. The molecule has 0 saturated carbocycles. The van der Waals surface area contributed by atoms with Crippen LogP contribution in [-0.2, 0) is 10.9 Å². The molecule has 0 bridgehead atoms. The third kappa shape index (κ3) is 2.73. The quantitative estimate of drug-likeness (QED) is 0.767. The summed E-state index contributed by atoms with van der Waals surface area (Å²) in [6, 6.07) is 0.239. The van der Waals surface area contributed by atoms with Crippen LogP contribution in [0.1, 0.15) is 17.0 Å². The lowest BCUT2D eigenvalue weighted by Gasteiger charge is -2.44. The van der Waals surface area contributed by atoms with E-state index in [9.17, 15) is 13.2 Å². The topological polar surface area (TPSA) is 58.8 Å². The maximum Gasteiger partial charge on any atom is 0.453 e. The van der Waals surface area contributed by atoms with E-state index in [0.717, 1.165) is 36.3 Å². The molecule has 0 aromatic carbocycles. The Balaban J connectivity index is 1.75. The fraction of sp³-hybridized carbons (Fsp3) is 0.667. The van der Waals surface area contributed by atoms with E-state index < -0.39 is 12.0 Å². The highest BCUT2D eigenvalue weighted by molar-refractivity contribution is 5.59. The molecular formula is C15H19F3N6O. The van der Waals surface area contributed by atoms with Gasteiger partial charge in [0, 0.05) is 37.3 Å². The molecule has 4 heterocycles. The Morgan fingerprint density at radius 1 is 1.08 bits per heavy atom. The molecule has 0 spiro atoms. The van der Waals surface area contributed by atoms with Crippen LogP contribution in [0.15, 0.2) is 0 Å². The number of alkyl halides is 3. The standard InChI is InChI=1S/C15H19F3N6O/c1-9-10(2)13(21-24-12(9)19-20-14(24)15(16,17)18)23-4-3-22-5-6-25-8-11(22)7-23/h11H,3-8H2,1-2H3. The Morgan fingerprint density at radius 2 is 1.88 bits per heavy atom. The Hall–Kier alpha value is -1.94. The summed E-state index contributed by atoms with van der Waals surface area (Å²) in [4.78, 5) is 4.40. The van der Waals surface area contributed by atoms with Crippen LogP contribution in [0.2, 0.25) is 0 Å². The number of ether oxygens (including phenoxy) is 1. The number of aromatic nitrogens is 4. The average Bonchev–Trinajstić information content (AvgIpc) is 3.02. The zero-order chi connectivity index (χ0) is 17.8. The van der Waals surface area contributed by atoms with Gasteiger partial charge in [0.25, 0.3) is 5.82 Å². The number of fused-ring (bicyclic) bond motifs is 2. The minimum absolute atomic E-state index is 0.146. The van der Waals surface area contributed by atoms with Crippen molar-refractivity contribution >= 4 is 11.5 Å². The Labute approximate surface area is 142 Å². The van der Waals surface area contributed by atoms with Crippen LogP contribution < -0.4 is 4.90 Å². The normalized spacial score (nSPS) is 22.4. The van der Waals surface area contributed by atoms with Crippen LogP contribution in [0, 0.1) is 13.8 Å². The molecule has 0 N–H and O–H groups in total. The lowest BCUT2D eigenvalue weighted by molar-refractivity contribution is -0.146. The van der Waals surface area contributed by atoms with Crippen molar-refractivity contribution in [2.75, 3.05) is 44.3 Å². The summed E-state index contributed by atoms with van der Waals surface area (Å²) >= 11 is 0. The van der Waals surface area contributed by atoms with Gasteiger partial charge in [0.1, 0.15) is 0 Å². The Morgan fingerprint density at radius 3 is 2.64 bits per heavy atom. The fourth-order valence-electron chi connectivity index (χ4n) is 3.53. The van der Waals surface area contributed by atoms with Gasteiger partial charge in [0.2, 0.25) is 0 Å². The van der Waals surface area contributed by atoms with Gasteiger partial charge >= 0.3 is 6.18 Å². The molecule has 2 aromatic rings. The number of morpholine rings is 1. The Kier molecular flexibility index (Phi) is 3.84. The molecule has 2 saturated heterocycles. The first-order valence-corrected chi connectivity index (χ1v) is 8.23. The summed E-state index contributed by atoms with van der Waals surface area (Å²) in [5.74, 6) is -0.535. The van der Waals surface area contributed by atoms with Crippen LogP contribution in [-0.4, -0.2) is 70.1 Å². The van der Waals surface area contributed by atoms with Crippen molar-refractivity contribution in [3.8, 4) is 0 Å². The first-order valence-electron chi connectivity index (χ1n) is 8.23. The molecule has 1 atom stereocenters. The monoisotopic (exact) mass is 356 g/mol. The van der Waals surface area contributed by atoms with Gasteiger partial charge in [-0.05, 0) is 13.8 Å². The average molecular weight is 356 g/mol. The molecule has 1 unspecified atom stereocenters. The highest BCUT2D eigenvalue weighted by Gasteiger charge is 2.39. The number of aryl methyl sites for hydroxylation is 1. The van der Waals surface area contributed by atoms with E-state index in [2.05, 4.69) is 20.2 Å². The van der Waals surface area contributed by atoms with Gasteiger partial charge in [0.15, 0.2) is 11.5 Å². The minimum Gasteiger partial charge on any atom is -0.378 e. The second kappa shape index (κ2) is 5.80. The number of hydrogen-bond acceptors (Lipinski definition) is 6. The number of piperazine rings is 1. The molecule has 7 nitrogen and oxygen atoms in total. The summed E-state index contributed by atoms with van der Waals surface area (Å²) in [6.07, 6.45) is -4.60. The highest BCUT2D eigenvalue weighted by Crippen LogP contribution is 2.31. The summed E-state index contributed by atoms with van der Waals surface area (Å²) in [6.45, 7) is 8.13. The van der Waals surface area contributed by atoms with Crippen molar-refractivity contribution in [2.24, 2.45) is 0 Å². The molecule has 2 aromatic heterocycles. The lowest BCUT2D eigenvalue weighted by Crippen LogP contribution is -2.58. The summed E-state index contributed by atoms with van der Waals surface area (Å²) in [5, 5.41) is 11.2. The van der Waals surface area contributed by atoms with Crippen molar-refractivity contribution in [1.29, 1.82) is 0 Å². The lowest BCUT2D eigenvalue weighted by atomic mass is 10.1. The molecule has 2 aliphatic rings. The number of hydrogen-bond donors (Lipinski definition) is 0. The van der Waals surface area contributed by atoms with E-state index in [-0.39, 0.29) is 11.7 Å². The van der Waals surface area contributed by atoms with E-state index in [0.29, 0.717) is 24.5 Å². The van der Waals surface area contributed by atoms with E-state index in [1.54, 1.807) is 6.92 Å². The SMILES string of the molecule is Cc1c(N2CCN3CCOCC3C2)nn2c(C(F)(F)F)nnc2c1C. The largest absolute Gasteiger partial charge is 0.453 e. The van der Waals surface area contributed by atoms with Crippen molar-refractivity contribution in [1.82, 2.24) is 24.7 Å². The number of halogens is 3. The summed E-state index contributed by atoms with van der Waals surface area (Å²) < 4.78 is 45.9. The molecule has 136 valence electrons. The maximum atomic E-state index is 13.2. The minimum atomic E-state index is -4.60. The van der Waals surface area contributed by atoms with Crippen LogP contribution in [0.25, 0.3) is 5.65 Å². The van der Waals surface area contributed by atoms with Gasteiger partial charge in [-0.3, -0.25) is 4.90 Å². The molecule has 2 fully saturated rings. The molecule has 0 aliphatic carbocycles. The molecule has 0 amide bonds. The molecular weight excluding hydrogens is 337 g/mol. The predicted octanol–water partition coefficient (Wildman–Crippen LogP) is 1.28. The van der Waals surface area contributed by atoms with E-state index in [1.807, 2.05) is 11.8 Å². The second-order valence-electron chi connectivity index (χ2n) is 6.54. The smallest absolute Gasteiger partial charge is 0.378 e. The predicted molar refractivity (Wildman–Crippen MR) is 83.7 cm³/mol. The van der Waals surface area contributed by atoms with Crippen molar-refractivity contribution in [3.63, 3.8) is 0 Å². The third-order valence-corrected chi connectivity index (χ3v) is 5.06. The second-order valence-corrected chi connectivity index (χ2v) is 6.54. The van der Waals surface area contributed by atoms with Gasteiger partial charge in [-0.15, -0.1) is 15.3 Å². The maximum absolute atomic E-state index is 13.2. The number of anilines is 1. The van der Waals surface area contributed by atoms with E-state index in [1.165, 1.54) is 0 Å².